The van der Waals surface area contributed by atoms with Gasteiger partial charge in [-0.25, -0.2) is 14.2 Å². The van der Waals surface area contributed by atoms with Gasteiger partial charge < -0.3 is 9.73 Å². The number of nitrogens with zero attached hydrogens (tertiary/aromatic N) is 2. The molecule has 1 N–H and O–H groups in total. The molecule has 1 aromatic heterocycles. The minimum absolute atomic E-state index is 0.115. The second-order valence-corrected chi connectivity index (χ2v) is 7.42. The van der Waals surface area contributed by atoms with E-state index in [9.17, 15) is 14.0 Å². The summed E-state index contributed by atoms with van der Waals surface area (Å²) in [7, 11) is 0. The number of carbonyl (C=O) groups is 2. The van der Waals surface area contributed by atoms with Gasteiger partial charge in [0.1, 0.15) is 17.9 Å². The Morgan fingerprint density at radius 2 is 1.79 bits per heavy atom. The second kappa shape index (κ2) is 7.00. The molecule has 0 unspecified atom stereocenters. The predicted molar refractivity (Wildman–Crippen MR) is 105 cm³/mol. The molecule has 1 atom stereocenters. The number of aromatic nitrogens is 1. The fraction of sp³-hybridized carbons (Fsp3) is 0.190. The number of hydrogen-bond acceptors (Lipinski definition) is 4. The number of carbonyl (C=O) groups excluding carboxylic acids is 2. The molecule has 0 aliphatic carbocycles. The van der Waals surface area contributed by atoms with E-state index in [1.54, 1.807) is 38.1 Å². The van der Waals surface area contributed by atoms with Gasteiger partial charge in [-0.2, -0.15) is 0 Å². The molecule has 2 heterocycles. The molecule has 4 rings (SSSR count). The third kappa shape index (κ3) is 3.38. The number of nitrogens with one attached hydrogen (secondary N) is 1. The molecule has 3 aromatic rings. The van der Waals surface area contributed by atoms with Gasteiger partial charge in [-0.1, -0.05) is 23.7 Å². The van der Waals surface area contributed by atoms with Crippen LogP contribution in [0.5, 0.6) is 0 Å². The Hall–Kier alpha value is -3.19. The van der Waals surface area contributed by atoms with Gasteiger partial charge in [0.2, 0.25) is 5.89 Å². The molecule has 148 valence electrons. The molecule has 0 spiro atoms. The maximum absolute atomic E-state index is 13.2. The van der Waals surface area contributed by atoms with Crippen molar-refractivity contribution in [1.82, 2.24) is 15.2 Å². The number of oxazole rings is 1. The molecule has 0 radical (unpaired) electrons. The third-order valence-corrected chi connectivity index (χ3v) is 5.19. The number of rotatable bonds is 4. The van der Waals surface area contributed by atoms with Crippen molar-refractivity contribution < 1.29 is 18.4 Å². The number of imide groups is 1. The smallest absolute Gasteiger partial charge is 0.325 e. The van der Waals surface area contributed by atoms with E-state index in [0.717, 1.165) is 10.5 Å². The number of halogens is 2. The minimum atomic E-state index is -1.29. The van der Waals surface area contributed by atoms with Crippen molar-refractivity contribution in [3.8, 4) is 11.3 Å². The van der Waals surface area contributed by atoms with E-state index in [-0.39, 0.29) is 12.4 Å². The number of aryl methyl sites for hydroxylation is 1. The quantitative estimate of drug-likeness (QED) is 0.643. The lowest BCUT2D eigenvalue weighted by Crippen LogP contribution is -2.40. The lowest BCUT2D eigenvalue weighted by atomic mass is 9.92. The molecule has 29 heavy (non-hydrogen) atoms. The highest BCUT2D eigenvalue weighted by Crippen LogP contribution is 2.31. The summed E-state index contributed by atoms with van der Waals surface area (Å²) >= 11 is 5.92. The average Bonchev–Trinajstić information content (AvgIpc) is 3.16. The molecule has 1 aliphatic heterocycles. The van der Waals surface area contributed by atoms with Gasteiger partial charge in [0.15, 0.2) is 5.76 Å². The fourth-order valence-electron chi connectivity index (χ4n) is 3.34. The van der Waals surface area contributed by atoms with Gasteiger partial charge in [0.25, 0.3) is 5.91 Å². The minimum Gasteiger partial charge on any atom is -0.438 e. The first-order valence-electron chi connectivity index (χ1n) is 8.90. The van der Waals surface area contributed by atoms with Crippen molar-refractivity contribution >= 4 is 23.5 Å². The Morgan fingerprint density at radius 1 is 1.14 bits per heavy atom. The summed E-state index contributed by atoms with van der Waals surface area (Å²) in [6.07, 6.45) is 0. The van der Waals surface area contributed by atoms with Crippen molar-refractivity contribution in [3.05, 3.63) is 76.5 Å². The zero-order valence-electron chi connectivity index (χ0n) is 15.7. The summed E-state index contributed by atoms with van der Waals surface area (Å²) in [6.45, 7) is 3.25. The normalized spacial score (nSPS) is 19.0. The van der Waals surface area contributed by atoms with Crippen molar-refractivity contribution in [2.45, 2.75) is 25.9 Å². The third-order valence-electron chi connectivity index (χ3n) is 4.94. The molecule has 2 aromatic carbocycles. The first kappa shape index (κ1) is 19.1. The summed E-state index contributed by atoms with van der Waals surface area (Å²) in [5.74, 6) is -0.0988. The second-order valence-electron chi connectivity index (χ2n) is 6.98. The Labute approximate surface area is 171 Å². The molecular weight excluding hydrogens is 397 g/mol. The van der Waals surface area contributed by atoms with Gasteiger partial charge in [-0.3, -0.25) is 9.69 Å². The van der Waals surface area contributed by atoms with Gasteiger partial charge in [0, 0.05) is 10.6 Å². The Morgan fingerprint density at radius 3 is 2.45 bits per heavy atom. The van der Waals surface area contributed by atoms with E-state index >= 15 is 0 Å². The van der Waals surface area contributed by atoms with Crippen molar-refractivity contribution in [2.75, 3.05) is 0 Å². The van der Waals surface area contributed by atoms with E-state index in [4.69, 9.17) is 16.0 Å². The summed E-state index contributed by atoms with van der Waals surface area (Å²) in [5.41, 5.74) is 0.630. The Balaban J connectivity index is 1.59. The van der Waals surface area contributed by atoms with Crippen LogP contribution in [-0.4, -0.2) is 21.8 Å². The largest absolute Gasteiger partial charge is 0.438 e. The van der Waals surface area contributed by atoms with E-state index in [1.165, 1.54) is 24.3 Å². The maximum atomic E-state index is 13.2. The first-order chi connectivity index (χ1) is 13.8. The average molecular weight is 414 g/mol. The van der Waals surface area contributed by atoms with Crippen LogP contribution in [0.3, 0.4) is 0 Å². The zero-order chi connectivity index (χ0) is 20.8. The maximum Gasteiger partial charge on any atom is 0.325 e. The summed E-state index contributed by atoms with van der Waals surface area (Å²) < 4.78 is 19.0. The van der Waals surface area contributed by atoms with Gasteiger partial charge in [-0.05, 0) is 55.8 Å². The van der Waals surface area contributed by atoms with Crippen molar-refractivity contribution in [1.29, 1.82) is 0 Å². The van der Waals surface area contributed by atoms with Crippen LogP contribution in [0, 0.1) is 12.7 Å². The van der Waals surface area contributed by atoms with Crippen LogP contribution >= 0.6 is 11.6 Å². The number of amides is 3. The van der Waals surface area contributed by atoms with Gasteiger partial charge >= 0.3 is 6.03 Å². The van der Waals surface area contributed by atoms with Crippen LogP contribution in [0.1, 0.15) is 24.1 Å². The van der Waals surface area contributed by atoms with Gasteiger partial charge in [-0.15, -0.1) is 0 Å². The van der Waals surface area contributed by atoms with Crippen molar-refractivity contribution in [3.63, 3.8) is 0 Å². The molecule has 8 heteroatoms. The standard InChI is InChI=1S/C21H17ClFN3O3/c1-12-18(13-3-7-15(22)8-4-13)29-17(24-12)11-26-19(27)21(2,25-20(26)28)14-5-9-16(23)10-6-14/h3-10H,11H2,1-2H3,(H,25,28)/t21-/m0/s1. The molecular formula is C21H17ClFN3O3. The molecule has 3 amide bonds. The lowest BCUT2D eigenvalue weighted by Gasteiger charge is -2.21. The Bertz CT molecular complexity index is 1100. The fourth-order valence-corrected chi connectivity index (χ4v) is 3.47. The van der Waals surface area contributed by atoms with E-state index < -0.39 is 23.3 Å². The van der Waals surface area contributed by atoms with Crippen LogP contribution < -0.4 is 5.32 Å². The zero-order valence-corrected chi connectivity index (χ0v) is 16.5. The molecule has 6 nitrogen and oxygen atoms in total. The Kier molecular flexibility index (Phi) is 4.62. The molecule has 1 aliphatic rings. The summed E-state index contributed by atoms with van der Waals surface area (Å²) in [4.78, 5) is 30.9. The topological polar surface area (TPSA) is 75.4 Å². The van der Waals surface area contributed by atoms with Crippen LogP contribution in [-0.2, 0) is 16.9 Å². The molecule has 1 fully saturated rings. The lowest BCUT2D eigenvalue weighted by molar-refractivity contribution is -0.131. The molecule has 1 saturated heterocycles. The van der Waals surface area contributed by atoms with Crippen LogP contribution in [0.2, 0.25) is 5.02 Å². The predicted octanol–water partition coefficient (Wildman–Crippen LogP) is 4.41. The van der Waals surface area contributed by atoms with E-state index in [1.807, 2.05) is 0 Å². The molecule has 0 bridgehead atoms. The SMILES string of the molecule is Cc1nc(CN2C(=O)N[C@@](C)(c3ccc(F)cc3)C2=O)oc1-c1ccc(Cl)cc1. The van der Waals surface area contributed by atoms with Crippen molar-refractivity contribution in [2.24, 2.45) is 0 Å². The highest BCUT2D eigenvalue weighted by molar-refractivity contribution is 6.30. The highest BCUT2D eigenvalue weighted by Gasteiger charge is 2.49. The summed E-state index contributed by atoms with van der Waals surface area (Å²) in [5, 5.41) is 3.28. The van der Waals surface area contributed by atoms with Crippen LogP contribution in [0.15, 0.2) is 52.9 Å². The summed E-state index contributed by atoms with van der Waals surface area (Å²) in [6, 6.07) is 12.0. The van der Waals surface area contributed by atoms with E-state index in [2.05, 4.69) is 10.3 Å². The number of hydrogen-bond donors (Lipinski definition) is 1. The van der Waals surface area contributed by atoms with Crippen LogP contribution in [0.4, 0.5) is 9.18 Å². The monoisotopic (exact) mass is 413 g/mol. The van der Waals surface area contributed by atoms with E-state index in [0.29, 0.717) is 22.0 Å². The molecule has 0 saturated carbocycles. The number of urea groups is 1. The van der Waals surface area contributed by atoms with Crippen LogP contribution in [0.25, 0.3) is 11.3 Å². The number of benzene rings is 2. The van der Waals surface area contributed by atoms with Gasteiger partial charge in [0.05, 0.1) is 5.69 Å². The first-order valence-corrected chi connectivity index (χ1v) is 9.28. The highest BCUT2D eigenvalue weighted by atomic mass is 35.5.